The standard InChI is InChI=1S/C19H19N3O3/c1-20-19(24)15-10-13(25-2)7-8-17(15)22-18(23)9-12-11-21-16-6-4-3-5-14(12)16/h3-8,10-11,21H,9H2,1-2H3,(H,20,24)(H,22,23). The zero-order valence-corrected chi connectivity index (χ0v) is 14.1. The molecule has 128 valence electrons. The molecule has 0 radical (unpaired) electrons. The summed E-state index contributed by atoms with van der Waals surface area (Å²) in [6.07, 6.45) is 2.04. The van der Waals surface area contributed by atoms with Crippen molar-refractivity contribution in [2.45, 2.75) is 6.42 Å². The molecule has 0 saturated heterocycles. The fraction of sp³-hybridized carbons (Fsp3) is 0.158. The molecule has 2 aromatic carbocycles. The van der Waals surface area contributed by atoms with E-state index in [-0.39, 0.29) is 18.2 Å². The van der Waals surface area contributed by atoms with Gasteiger partial charge in [0.2, 0.25) is 5.91 Å². The Balaban J connectivity index is 1.82. The minimum Gasteiger partial charge on any atom is -0.497 e. The molecule has 3 aromatic rings. The number of carbonyl (C=O) groups excluding carboxylic acids is 2. The number of fused-ring (bicyclic) bond motifs is 1. The number of aromatic amines is 1. The number of ether oxygens (including phenoxy) is 1. The molecule has 0 aliphatic rings. The first-order valence-electron chi connectivity index (χ1n) is 7.87. The number of H-pyrrole nitrogens is 1. The smallest absolute Gasteiger partial charge is 0.253 e. The van der Waals surface area contributed by atoms with Crippen LogP contribution in [0, 0.1) is 0 Å². The van der Waals surface area contributed by atoms with Crippen LogP contribution in [0.15, 0.2) is 48.7 Å². The van der Waals surface area contributed by atoms with E-state index in [2.05, 4.69) is 15.6 Å². The van der Waals surface area contributed by atoms with Gasteiger partial charge in [0.25, 0.3) is 5.91 Å². The average molecular weight is 337 g/mol. The number of para-hydroxylation sites is 1. The van der Waals surface area contributed by atoms with E-state index in [4.69, 9.17) is 4.74 Å². The van der Waals surface area contributed by atoms with Crippen LogP contribution in [0.5, 0.6) is 5.75 Å². The third-order valence-electron chi connectivity index (χ3n) is 4.00. The van der Waals surface area contributed by atoms with Gasteiger partial charge in [0.15, 0.2) is 0 Å². The molecule has 0 saturated carbocycles. The van der Waals surface area contributed by atoms with Gasteiger partial charge in [-0.25, -0.2) is 0 Å². The molecule has 0 aliphatic heterocycles. The first-order chi connectivity index (χ1) is 12.1. The van der Waals surface area contributed by atoms with Crippen LogP contribution in [-0.2, 0) is 11.2 Å². The lowest BCUT2D eigenvalue weighted by Crippen LogP contribution is -2.22. The number of hydrogen-bond donors (Lipinski definition) is 3. The lowest BCUT2D eigenvalue weighted by molar-refractivity contribution is -0.115. The van der Waals surface area contributed by atoms with Gasteiger partial charge in [0, 0.05) is 24.1 Å². The largest absolute Gasteiger partial charge is 0.497 e. The number of benzene rings is 2. The third kappa shape index (κ3) is 3.47. The summed E-state index contributed by atoms with van der Waals surface area (Å²) in [5.41, 5.74) is 2.70. The predicted octanol–water partition coefficient (Wildman–Crippen LogP) is 2.72. The lowest BCUT2D eigenvalue weighted by Gasteiger charge is -2.11. The number of carbonyl (C=O) groups is 2. The van der Waals surface area contributed by atoms with Crippen molar-refractivity contribution in [1.82, 2.24) is 10.3 Å². The Morgan fingerprint density at radius 1 is 1.16 bits per heavy atom. The highest BCUT2D eigenvalue weighted by Gasteiger charge is 2.15. The number of hydrogen-bond acceptors (Lipinski definition) is 3. The maximum absolute atomic E-state index is 12.5. The topological polar surface area (TPSA) is 83.2 Å². The molecular weight excluding hydrogens is 318 g/mol. The predicted molar refractivity (Wildman–Crippen MR) is 97.0 cm³/mol. The van der Waals surface area contributed by atoms with Crippen LogP contribution < -0.4 is 15.4 Å². The number of amides is 2. The van der Waals surface area contributed by atoms with Crippen LogP contribution in [-0.4, -0.2) is 31.0 Å². The fourth-order valence-electron chi connectivity index (χ4n) is 2.73. The van der Waals surface area contributed by atoms with Crippen molar-refractivity contribution < 1.29 is 14.3 Å². The van der Waals surface area contributed by atoms with Crippen LogP contribution in [0.2, 0.25) is 0 Å². The molecule has 1 aromatic heterocycles. The molecule has 1 heterocycles. The monoisotopic (exact) mass is 337 g/mol. The normalized spacial score (nSPS) is 10.5. The molecule has 0 bridgehead atoms. The van der Waals surface area contributed by atoms with Gasteiger partial charge in [-0.1, -0.05) is 18.2 Å². The zero-order valence-electron chi connectivity index (χ0n) is 14.1. The molecule has 0 unspecified atom stereocenters. The minimum absolute atomic E-state index is 0.194. The Bertz CT molecular complexity index is 931. The van der Waals surface area contributed by atoms with Crippen molar-refractivity contribution in [2.24, 2.45) is 0 Å². The van der Waals surface area contributed by atoms with Crippen molar-refractivity contribution in [3.63, 3.8) is 0 Å². The second kappa shape index (κ2) is 7.09. The molecule has 25 heavy (non-hydrogen) atoms. The van der Waals surface area contributed by atoms with Gasteiger partial charge in [-0.3, -0.25) is 9.59 Å². The molecule has 2 amide bonds. The van der Waals surface area contributed by atoms with Gasteiger partial charge in [-0.15, -0.1) is 0 Å². The van der Waals surface area contributed by atoms with Crippen LogP contribution >= 0.6 is 0 Å². The molecule has 3 N–H and O–H groups in total. The number of anilines is 1. The molecule has 0 spiro atoms. The Labute approximate surface area is 145 Å². The van der Waals surface area contributed by atoms with Gasteiger partial charge in [-0.2, -0.15) is 0 Å². The van der Waals surface area contributed by atoms with Crippen molar-refractivity contribution in [3.8, 4) is 5.75 Å². The second-order valence-electron chi connectivity index (χ2n) is 5.58. The molecule has 0 fully saturated rings. The van der Waals surface area contributed by atoms with Gasteiger partial charge in [-0.05, 0) is 29.8 Å². The maximum Gasteiger partial charge on any atom is 0.253 e. The summed E-state index contributed by atoms with van der Waals surface area (Å²) < 4.78 is 5.15. The summed E-state index contributed by atoms with van der Waals surface area (Å²) in [7, 11) is 3.07. The van der Waals surface area contributed by atoms with Crippen molar-refractivity contribution in [3.05, 3.63) is 59.8 Å². The van der Waals surface area contributed by atoms with E-state index < -0.39 is 0 Å². The quantitative estimate of drug-likeness (QED) is 0.669. The van der Waals surface area contributed by atoms with Crippen LogP contribution in [0.4, 0.5) is 5.69 Å². The molecule has 0 atom stereocenters. The van der Waals surface area contributed by atoms with E-state index in [0.717, 1.165) is 16.5 Å². The van der Waals surface area contributed by atoms with Crippen molar-refractivity contribution in [2.75, 3.05) is 19.5 Å². The molecule has 6 nitrogen and oxygen atoms in total. The number of rotatable bonds is 5. The van der Waals surface area contributed by atoms with Gasteiger partial charge in [0.1, 0.15) is 5.75 Å². The highest BCUT2D eigenvalue weighted by molar-refractivity contribution is 6.04. The fourth-order valence-corrected chi connectivity index (χ4v) is 2.73. The van der Waals surface area contributed by atoms with E-state index >= 15 is 0 Å². The summed E-state index contributed by atoms with van der Waals surface area (Å²) in [5.74, 6) is 0.0644. The highest BCUT2D eigenvalue weighted by Crippen LogP contribution is 2.23. The summed E-state index contributed by atoms with van der Waals surface area (Å²) in [6, 6.07) is 12.8. The van der Waals surface area contributed by atoms with E-state index in [9.17, 15) is 9.59 Å². The van der Waals surface area contributed by atoms with E-state index in [1.54, 1.807) is 25.2 Å². The first kappa shape index (κ1) is 16.6. The van der Waals surface area contributed by atoms with Gasteiger partial charge < -0.3 is 20.4 Å². The summed E-state index contributed by atoms with van der Waals surface area (Å²) in [4.78, 5) is 27.7. The van der Waals surface area contributed by atoms with Gasteiger partial charge in [0.05, 0.1) is 24.8 Å². The van der Waals surface area contributed by atoms with E-state index in [0.29, 0.717) is 17.0 Å². The number of methoxy groups -OCH3 is 1. The zero-order chi connectivity index (χ0) is 17.8. The number of aromatic nitrogens is 1. The number of nitrogens with one attached hydrogen (secondary N) is 3. The minimum atomic E-state index is -0.290. The Kier molecular flexibility index (Phi) is 4.70. The lowest BCUT2D eigenvalue weighted by atomic mass is 10.1. The van der Waals surface area contributed by atoms with Gasteiger partial charge >= 0.3 is 0 Å². The van der Waals surface area contributed by atoms with Crippen LogP contribution in [0.25, 0.3) is 10.9 Å². The first-order valence-corrected chi connectivity index (χ1v) is 7.87. The van der Waals surface area contributed by atoms with Crippen LogP contribution in [0.3, 0.4) is 0 Å². The van der Waals surface area contributed by atoms with Crippen molar-refractivity contribution >= 4 is 28.4 Å². The summed E-state index contributed by atoms with van der Waals surface area (Å²) in [5, 5.41) is 6.39. The Morgan fingerprint density at radius 3 is 2.72 bits per heavy atom. The SMILES string of the molecule is CNC(=O)c1cc(OC)ccc1NC(=O)Cc1c[nH]c2ccccc12. The van der Waals surface area contributed by atoms with Crippen molar-refractivity contribution in [1.29, 1.82) is 0 Å². The summed E-state index contributed by atoms with van der Waals surface area (Å²) >= 11 is 0. The van der Waals surface area contributed by atoms with Crippen LogP contribution in [0.1, 0.15) is 15.9 Å². The maximum atomic E-state index is 12.5. The Hall–Kier alpha value is -3.28. The highest BCUT2D eigenvalue weighted by atomic mass is 16.5. The second-order valence-corrected chi connectivity index (χ2v) is 5.58. The van der Waals surface area contributed by atoms with E-state index in [1.807, 2.05) is 30.5 Å². The molecule has 3 rings (SSSR count). The molecular formula is C19H19N3O3. The molecule has 0 aliphatic carbocycles. The molecule has 6 heteroatoms. The third-order valence-corrected chi connectivity index (χ3v) is 4.00. The summed E-state index contributed by atoms with van der Waals surface area (Å²) in [6.45, 7) is 0. The Morgan fingerprint density at radius 2 is 1.96 bits per heavy atom. The van der Waals surface area contributed by atoms with E-state index in [1.165, 1.54) is 7.11 Å². The average Bonchev–Trinajstić information content (AvgIpc) is 3.04.